The molecule has 2 saturated carbocycles. The van der Waals surface area contributed by atoms with Crippen molar-refractivity contribution in [3.05, 3.63) is 0 Å². The lowest BCUT2D eigenvalue weighted by molar-refractivity contribution is 0.373. The molecular weight excluding hydrogens is 184 g/mol. The van der Waals surface area contributed by atoms with Crippen molar-refractivity contribution in [3.8, 4) is 0 Å². The van der Waals surface area contributed by atoms with Crippen molar-refractivity contribution in [2.24, 2.45) is 11.1 Å². The zero-order valence-corrected chi connectivity index (χ0v) is 10.1. The normalized spacial score (nSPS) is 26.8. The molecule has 2 fully saturated rings. The average molecular weight is 210 g/mol. The first-order chi connectivity index (χ1) is 7.18. The maximum atomic E-state index is 6.32. The van der Waals surface area contributed by atoms with E-state index in [2.05, 4.69) is 12.2 Å². The number of nitrogens with two attached hydrogens (primary N) is 1. The van der Waals surface area contributed by atoms with E-state index in [1.807, 2.05) is 0 Å². The van der Waals surface area contributed by atoms with Gasteiger partial charge in [0.25, 0.3) is 0 Å². The number of hydrogen-bond donors (Lipinski definition) is 2. The molecule has 88 valence electrons. The Morgan fingerprint density at radius 1 is 1.13 bits per heavy atom. The van der Waals surface area contributed by atoms with Crippen molar-refractivity contribution in [2.75, 3.05) is 13.1 Å². The van der Waals surface area contributed by atoms with E-state index in [1.165, 1.54) is 57.9 Å². The molecule has 3 N–H and O–H groups in total. The third-order valence-corrected chi connectivity index (χ3v) is 4.61. The van der Waals surface area contributed by atoms with Gasteiger partial charge in [-0.25, -0.2) is 0 Å². The van der Waals surface area contributed by atoms with Gasteiger partial charge >= 0.3 is 0 Å². The van der Waals surface area contributed by atoms with Crippen LogP contribution in [0.3, 0.4) is 0 Å². The van der Waals surface area contributed by atoms with Crippen LogP contribution in [0.4, 0.5) is 0 Å². The van der Waals surface area contributed by atoms with Crippen molar-refractivity contribution >= 4 is 0 Å². The highest BCUT2D eigenvalue weighted by atomic mass is 14.9. The minimum atomic E-state index is 0.177. The van der Waals surface area contributed by atoms with Crippen LogP contribution in [-0.4, -0.2) is 18.6 Å². The van der Waals surface area contributed by atoms with Gasteiger partial charge in [0.1, 0.15) is 0 Å². The first-order valence-electron chi connectivity index (χ1n) is 6.68. The Hall–Kier alpha value is -0.0800. The summed E-state index contributed by atoms with van der Waals surface area (Å²) >= 11 is 0. The van der Waals surface area contributed by atoms with E-state index in [9.17, 15) is 0 Å². The maximum absolute atomic E-state index is 6.32. The van der Waals surface area contributed by atoms with Crippen molar-refractivity contribution in [1.29, 1.82) is 0 Å². The summed E-state index contributed by atoms with van der Waals surface area (Å²) in [7, 11) is 0. The molecule has 2 aliphatic carbocycles. The first kappa shape index (κ1) is 11.4. The molecular formula is C13H26N2. The zero-order chi connectivity index (χ0) is 10.8. The van der Waals surface area contributed by atoms with Gasteiger partial charge < -0.3 is 11.1 Å². The van der Waals surface area contributed by atoms with Gasteiger partial charge in [0.2, 0.25) is 0 Å². The van der Waals surface area contributed by atoms with E-state index >= 15 is 0 Å². The smallest absolute Gasteiger partial charge is 0.0166 e. The number of rotatable bonds is 6. The quantitative estimate of drug-likeness (QED) is 0.661. The van der Waals surface area contributed by atoms with Crippen molar-refractivity contribution in [2.45, 2.75) is 63.8 Å². The van der Waals surface area contributed by atoms with Gasteiger partial charge in [-0.3, -0.25) is 0 Å². The molecule has 2 heteroatoms. The third-order valence-electron chi connectivity index (χ3n) is 4.61. The van der Waals surface area contributed by atoms with Crippen molar-refractivity contribution in [1.82, 2.24) is 5.32 Å². The molecule has 0 aromatic rings. The van der Waals surface area contributed by atoms with Gasteiger partial charge in [0.05, 0.1) is 0 Å². The number of nitrogens with one attached hydrogen (secondary N) is 1. The molecule has 0 heterocycles. The lowest BCUT2D eigenvalue weighted by atomic mass is 9.94. The van der Waals surface area contributed by atoms with Crippen LogP contribution >= 0.6 is 0 Å². The fourth-order valence-corrected chi connectivity index (χ4v) is 2.85. The largest absolute Gasteiger partial charge is 0.325 e. The summed E-state index contributed by atoms with van der Waals surface area (Å²) in [5.41, 5.74) is 7.17. The maximum Gasteiger partial charge on any atom is 0.0166 e. The van der Waals surface area contributed by atoms with Crippen LogP contribution in [0.1, 0.15) is 58.3 Å². The van der Waals surface area contributed by atoms with Gasteiger partial charge in [0.15, 0.2) is 0 Å². The van der Waals surface area contributed by atoms with E-state index < -0.39 is 0 Å². The highest BCUT2D eigenvalue weighted by Crippen LogP contribution is 2.47. The second-order valence-electron chi connectivity index (χ2n) is 5.85. The highest BCUT2D eigenvalue weighted by Gasteiger charge is 2.40. The van der Waals surface area contributed by atoms with Gasteiger partial charge in [-0.2, -0.15) is 0 Å². The van der Waals surface area contributed by atoms with Gasteiger partial charge in [-0.1, -0.05) is 19.8 Å². The van der Waals surface area contributed by atoms with Crippen LogP contribution in [0, 0.1) is 5.41 Å². The highest BCUT2D eigenvalue weighted by molar-refractivity contribution is 4.94. The van der Waals surface area contributed by atoms with Crippen LogP contribution in [0.25, 0.3) is 0 Å². The molecule has 2 aliphatic rings. The molecule has 0 amide bonds. The molecule has 0 aromatic heterocycles. The Morgan fingerprint density at radius 2 is 1.80 bits per heavy atom. The van der Waals surface area contributed by atoms with Gasteiger partial charge in [-0.05, 0) is 50.5 Å². The fraction of sp³-hybridized carbons (Fsp3) is 1.00. The minimum Gasteiger partial charge on any atom is -0.325 e. The van der Waals surface area contributed by atoms with Crippen LogP contribution in [0.5, 0.6) is 0 Å². The summed E-state index contributed by atoms with van der Waals surface area (Å²) < 4.78 is 0. The van der Waals surface area contributed by atoms with E-state index in [0.29, 0.717) is 5.41 Å². The molecule has 0 saturated heterocycles. The third kappa shape index (κ3) is 2.94. The average Bonchev–Trinajstić information content (AvgIpc) is 2.90. The lowest BCUT2D eigenvalue weighted by Crippen LogP contribution is -2.40. The molecule has 0 radical (unpaired) electrons. The van der Waals surface area contributed by atoms with Crippen molar-refractivity contribution < 1.29 is 0 Å². The van der Waals surface area contributed by atoms with E-state index in [1.54, 1.807) is 0 Å². The molecule has 0 aromatic carbocycles. The molecule has 0 unspecified atom stereocenters. The topological polar surface area (TPSA) is 38.0 Å². The standard InChI is InChI=1S/C13H26N2/c1-2-12(7-8-12)11-15-10-9-13(14)5-3-4-6-13/h15H,2-11,14H2,1H3. The van der Waals surface area contributed by atoms with E-state index in [4.69, 9.17) is 5.73 Å². The zero-order valence-electron chi connectivity index (χ0n) is 10.1. The summed E-state index contributed by atoms with van der Waals surface area (Å²) in [4.78, 5) is 0. The first-order valence-corrected chi connectivity index (χ1v) is 6.68. The molecule has 0 bridgehead atoms. The Balaban J connectivity index is 1.58. The van der Waals surface area contributed by atoms with Crippen LogP contribution in [0.15, 0.2) is 0 Å². The predicted molar refractivity (Wildman–Crippen MR) is 64.8 cm³/mol. The molecule has 2 nitrogen and oxygen atoms in total. The molecule has 0 atom stereocenters. The monoisotopic (exact) mass is 210 g/mol. The summed E-state index contributed by atoms with van der Waals surface area (Å²) in [6.45, 7) is 4.66. The van der Waals surface area contributed by atoms with Gasteiger partial charge in [-0.15, -0.1) is 0 Å². The SMILES string of the molecule is CCC1(CNCCC2(N)CCCC2)CC1. The van der Waals surface area contributed by atoms with Crippen LogP contribution < -0.4 is 11.1 Å². The Labute approximate surface area is 94.0 Å². The lowest BCUT2D eigenvalue weighted by Gasteiger charge is -2.24. The second-order valence-corrected chi connectivity index (χ2v) is 5.85. The number of hydrogen-bond acceptors (Lipinski definition) is 2. The minimum absolute atomic E-state index is 0.177. The molecule has 0 aliphatic heterocycles. The molecule has 2 rings (SSSR count). The Morgan fingerprint density at radius 3 is 2.33 bits per heavy atom. The molecule has 0 spiro atoms. The summed E-state index contributed by atoms with van der Waals surface area (Å²) in [5, 5.41) is 3.61. The van der Waals surface area contributed by atoms with Crippen LogP contribution in [0.2, 0.25) is 0 Å². The summed E-state index contributed by atoms with van der Waals surface area (Å²) in [5.74, 6) is 0. The molecule has 15 heavy (non-hydrogen) atoms. The van der Waals surface area contributed by atoms with Gasteiger partial charge in [0, 0.05) is 12.1 Å². The summed E-state index contributed by atoms with van der Waals surface area (Å²) in [6, 6.07) is 0. The Bertz CT molecular complexity index is 203. The van der Waals surface area contributed by atoms with Crippen molar-refractivity contribution in [3.63, 3.8) is 0 Å². The fourth-order valence-electron chi connectivity index (χ4n) is 2.85. The predicted octanol–water partition coefficient (Wildman–Crippen LogP) is 2.43. The van der Waals surface area contributed by atoms with Crippen LogP contribution in [-0.2, 0) is 0 Å². The van der Waals surface area contributed by atoms with E-state index in [0.717, 1.165) is 6.54 Å². The van der Waals surface area contributed by atoms with E-state index in [-0.39, 0.29) is 5.54 Å². The second kappa shape index (κ2) is 4.42. The summed E-state index contributed by atoms with van der Waals surface area (Å²) in [6.07, 6.45) is 10.6. The Kier molecular flexibility index (Phi) is 3.36.